The molecule has 1 amide bonds. The summed E-state index contributed by atoms with van der Waals surface area (Å²) in [6.45, 7) is 0.876. The molecule has 0 aromatic heterocycles. The number of hydrogen-bond acceptors (Lipinski definition) is 4. The average molecular weight is 218 g/mol. The van der Waals surface area contributed by atoms with Crippen LogP contribution in [-0.4, -0.2) is 44.5 Å². The molecule has 0 radical (unpaired) electrons. The maximum atomic E-state index is 11.4. The van der Waals surface area contributed by atoms with E-state index in [-0.39, 0.29) is 29.5 Å². The average Bonchev–Trinajstić information content (AvgIpc) is 2.25. The Morgan fingerprint density at radius 3 is 2.50 bits per heavy atom. The van der Waals surface area contributed by atoms with Crippen molar-refractivity contribution >= 4 is 15.7 Å². The third-order valence-electron chi connectivity index (χ3n) is 2.72. The Labute approximate surface area is 83.2 Å². The van der Waals surface area contributed by atoms with E-state index >= 15 is 0 Å². The zero-order valence-electron chi connectivity index (χ0n) is 7.82. The molecular weight excluding hydrogens is 204 g/mol. The number of amides is 1. The van der Waals surface area contributed by atoms with E-state index in [1.807, 2.05) is 0 Å². The van der Waals surface area contributed by atoms with Crippen LogP contribution in [0.4, 0.5) is 0 Å². The number of nitrogens with one attached hydrogen (secondary N) is 2. The van der Waals surface area contributed by atoms with Gasteiger partial charge in [0.1, 0.15) is 0 Å². The highest BCUT2D eigenvalue weighted by molar-refractivity contribution is 7.91. The second kappa shape index (κ2) is 3.51. The van der Waals surface area contributed by atoms with Crippen molar-refractivity contribution in [1.82, 2.24) is 10.6 Å². The molecule has 0 aromatic rings. The first-order chi connectivity index (χ1) is 6.57. The lowest BCUT2D eigenvalue weighted by molar-refractivity contribution is -0.125. The van der Waals surface area contributed by atoms with Crippen molar-refractivity contribution in [3.05, 3.63) is 0 Å². The SMILES string of the molecule is O=C(NC1CCS(=O)(=O)C1)[C@H]1CCN1. The number of carbonyl (C=O) groups excluding carboxylic acids is 1. The molecule has 1 unspecified atom stereocenters. The van der Waals surface area contributed by atoms with Gasteiger partial charge in [-0.25, -0.2) is 8.42 Å². The highest BCUT2D eigenvalue weighted by Gasteiger charge is 2.32. The van der Waals surface area contributed by atoms with E-state index in [1.165, 1.54) is 0 Å². The van der Waals surface area contributed by atoms with Crippen LogP contribution in [0, 0.1) is 0 Å². The van der Waals surface area contributed by atoms with Crippen LogP contribution in [0.1, 0.15) is 12.8 Å². The largest absolute Gasteiger partial charge is 0.351 e. The fraction of sp³-hybridized carbons (Fsp3) is 0.875. The van der Waals surface area contributed by atoms with E-state index in [0.717, 1.165) is 13.0 Å². The normalized spacial score (nSPS) is 34.9. The van der Waals surface area contributed by atoms with Gasteiger partial charge in [0.25, 0.3) is 0 Å². The number of rotatable bonds is 2. The summed E-state index contributed by atoms with van der Waals surface area (Å²) in [5.74, 6) is 0.250. The van der Waals surface area contributed by atoms with E-state index in [4.69, 9.17) is 0 Å². The van der Waals surface area contributed by atoms with Crippen molar-refractivity contribution in [3.8, 4) is 0 Å². The van der Waals surface area contributed by atoms with Gasteiger partial charge in [0.05, 0.1) is 17.5 Å². The molecule has 14 heavy (non-hydrogen) atoms. The summed E-state index contributed by atoms with van der Waals surface area (Å²) in [6, 6.07) is -0.270. The molecule has 0 saturated carbocycles. The van der Waals surface area contributed by atoms with Crippen LogP contribution in [0.3, 0.4) is 0 Å². The lowest BCUT2D eigenvalue weighted by atomic mass is 10.1. The Hall–Kier alpha value is -0.620. The Balaban J connectivity index is 1.84. The lowest BCUT2D eigenvalue weighted by Gasteiger charge is -2.27. The Kier molecular flexibility index (Phi) is 2.48. The van der Waals surface area contributed by atoms with Gasteiger partial charge >= 0.3 is 0 Å². The van der Waals surface area contributed by atoms with Crippen molar-refractivity contribution in [2.45, 2.75) is 24.9 Å². The molecule has 2 N–H and O–H groups in total. The minimum absolute atomic E-state index is 0.0571. The zero-order valence-corrected chi connectivity index (χ0v) is 8.64. The number of hydrogen-bond donors (Lipinski definition) is 2. The van der Waals surface area contributed by atoms with Crippen LogP contribution in [0.5, 0.6) is 0 Å². The fourth-order valence-corrected chi connectivity index (χ4v) is 3.40. The standard InChI is InChI=1S/C8H14N2O3S/c11-8(7-1-3-9-7)10-6-2-4-14(12,13)5-6/h6-7,9H,1-5H2,(H,10,11)/t6?,7-/m1/s1. The molecule has 80 valence electrons. The summed E-state index contributed by atoms with van der Waals surface area (Å²) in [7, 11) is -2.89. The van der Waals surface area contributed by atoms with E-state index < -0.39 is 9.84 Å². The molecule has 2 aliphatic rings. The summed E-state index contributed by atoms with van der Waals surface area (Å²) >= 11 is 0. The molecule has 0 aromatic carbocycles. The van der Waals surface area contributed by atoms with Crippen LogP contribution in [-0.2, 0) is 14.6 Å². The summed E-state index contributed by atoms with van der Waals surface area (Å²) in [5.41, 5.74) is 0. The highest BCUT2D eigenvalue weighted by Crippen LogP contribution is 2.12. The van der Waals surface area contributed by atoms with Crippen LogP contribution in [0.15, 0.2) is 0 Å². The van der Waals surface area contributed by atoms with Crippen LogP contribution >= 0.6 is 0 Å². The first kappa shape index (κ1) is 9.92. The molecule has 2 fully saturated rings. The quantitative estimate of drug-likeness (QED) is 0.601. The second-order valence-electron chi connectivity index (χ2n) is 3.90. The molecule has 2 atom stereocenters. The third-order valence-corrected chi connectivity index (χ3v) is 4.49. The van der Waals surface area contributed by atoms with E-state index in [0.29, 0.717) is 6.42 Å². The number of sulfone groups is 1. The van der Waals surface area contributed by atoms with Gasteiger partial charge in [-0.1, -0.05) is 0 Å². The van der Waals surface area contributed by atoms with Gasteiger partial charge < -0.3 is 10.6 Å². The molecule has 2 heterocycles. The first-order valence-corrected chi connectivity index (χ1v) is 6.63. The minimum atomic E-state index is -2.89. The van der Waals surface area contributed by atoms with Crippen LogP contribution < -0.4 is 10.6 Å². The fourth-order valence-electron chi connectivity index (χ4n) is 1.72. The first-order valence-electron chi connectivity index (χ1n) is 4.81. The molecule has 0 aliphatic carbocycles. The van der Waals surface area contributed by atoms with Gasteiger partial charge in [-0.2, -0.15) is 0 Å². The van der Waals surface area contributed by atoms with E-state index in [1.54, 1.807) is 0 Å². The van der Waals surface area contributed by atoms with Crippen LogP contribution in [0.25, 0.3) is 0 Å². The monoisotopic (exact) mass is 218 g/mol. The smallest absolute Gasteiger partial charge is 0.237 e. The van der Waals surface area contributed by atoms with Crippen molar-refractivity contribution in [3.63, 3.8) is 0 Å². The summed E-state index contributed by atoms with van der Waals surface area (Å²) in [4.78, 5) is 11.4. The van der Waals surface area contributed by atoms with Gasteiger partial charge in [0.15, 0.2) is 9.84 Å². The molecule has 6 heteroatoms. The van der Waals surface area contributed by atoms with E-state index in [2.05, 4.69) is 10.6 Å². The molecule has 2 aliphatic heterocycles. The van der Waals surface area contributed by atoms with Crippen molar-refractivity contribution < 1.29 is 13.2 Å². The van der Waals surface area contributed by atoms with Crippen molar-refractivity contribution in [2.24, 2.45) is 0 Å². The van der Waals surface area contributed by atoms with Gasteiger partial charge in [-0.3, -0.25) is 4.79 Å². The minimum Gasteiger partial charge on any atom is -0.351 e. The Bertz CT molecular complexity index is 334. The number of carbonyl (C=O) groups is 1. The lowest BCUT2D eigenvalue weighted by Crippen LogP contribution is -2.55. The van der Waals surface area contributed by atoms with E-state index in [9.17, 15) is 13.2 Å². The molecule has 0 bridgehead atoms. The molecule has 0 spiro atoms. The maximum Gasteiger partial charge on any atom is 0.237 e. The summed E-state index contributed by atoms with van der Waals surface area (Å²) < 4.78 is 22.2. The van der Waals surface area contributed by atoms with Crippen LogP contribution in [0.2, 0.25) is 0 Å². The molecule has 2 saturated heterocycles. The predicted octanol–water partition coefficient (Wildman–Crippen LogP) is -1.35. The summed E-state index contributed by atoms with van der Waals surface area (Å²) in [5, 5.41) is 5.73. The predicted molar refractivity (Wildman–Crippen MR) is 51.6 cm³/mol. The maximum absolute atomic E-state index is 11.4. The zero-order chi connectivity index (χ0) is 10.2. The Morgan fingerprint density at radius 2 is 2.07 bits per heavy atom. The Morgan fingerprint density at radius 1 is 1.36 bits per heavy atom. The highest BCUT2D eigenvalue weighted by atomic mass is 32.2. The molecule has 5 nitrogen and oxygen atoms in total. The molecular formula is C8H14N2O3S. The second-order valence-corrected chi connectivity index (χ2v) is 6.13. The molecule has 2 rings (SSSR count). The van der Waals surface area contributed by atoms with Crippen molar-refractivity contribution in [1.29, 1.82) is 0 Å². The van der Waals surface area contributed by atoms with Gasteiger partial charge in [-0.15, -0.1) is 0 Å². The third kappa shape index (κ3) is 2.06. The van der Waals surface area contributed by atoms with Crippen molar-refractivity contribution in [2.75, 3.05) is 18.1 Å². The van der Waals surface area contributed by atoms with Gasteiger partial charge in [0.2, 0.25) is 5.91 Å². The topological polar surface area (TPSA) is 75.3 Å². The van der Waals surface area contributed by atoms with Gasteiger partial charge in [-0.05, 0) is 19.4 Å². The van der Waals surface area contributed by atoms with Gasteiger partial charge in [0, 0.05) is 6.04 Å². The summed E-state index contributed by atoms with van der Waals surface area (Å²) in [6.07, 6.45) is 1.41.